The number of carbonyl (C=O) groups excluding carboxylic acids is 1. The van der Waals surface area contributed by atoms with Crippen LogP contribution in [0.3, 0.4) is 0 Å². The number of carbonyl (C=O) groups is 1. The molecule has 0 fully saturated rings. The van der Waals surface area contributed by atoms with Gasteiger partial charge in [-0.3, -0.25) is 9.89 Å². The van der Waals surface area contributed by atoms with Gasteiger partial charge in [-0.25, -0.2) is 0 Å². The third-order valence-corrected chi connectivity index (χ3v) is 4.46. The predicted octanol–water partition coefficient (Wildman–Crippen LogP) is 3.16. The summed E-state index contributed by atoms with van der Waals surface area (Å²) in [5, 5.41) is 8.04. The molecule has 1 aromatic heterocycles. The number of rotatable bonds is 3. The van der Waals surface area contributed by atoms with Gasteiger partial charge in [0.15, 0.2) is 5.69 Å². The number of amides is 1. The first-order valence-corrected chi connectivity index (χ1v) is 8.23. The van der Waals surface area contributed by atoms with Gasteiger partial charge < -0.3 is 9.64 Å². The Kier molecular flexibility index (Phi) is 3.69. The van der Waals surface area contributed by atoms with Gasteiger partial charge in [0.05, 0.1) is 12.1 Å². The molecule has 0 atom stereocenters. The molecule has 0 saturated heterocycles. The SMILES string of the molecule is CCOc1ccc2c(c1)CN(C(=O)c1n[nH]c3ccccc13)CC2. The summed E-state index contributed by atoms with van der Waals surface area (Å²) >= 11 is 0. The van der Waals surface area contributed by atoms with Gasteiger partial charge in [-0.2, -0.15) is 5.10 Å². The maximum Gasteiger partial charge on any atom is 0.275 e. The van der Waals surface area contributed by atoms with Crippen LogP contribution < -0.4 is 4.74 Å². The Hall–Kier alpha value is -2.82. The molecule has 0 radical (unpaired) electrons. The second-order valence-corrected chi connectivity index (χ2v) is 5.96. The molecule has 3 aromatic rings. The third-order valence-electron chi connectivity index (χ3n) is 4.46. The molecule has 1 amide bonds. The van der Waals surface area contributed by atoms with E-state index in [0.717, 1.165) is 28.6 Å². The summed E-state index contributed by atoms with van der Waals surface area (Å²) in [6.07, 6.45) is 0.857. The van der Waals surface area contributed by atoms with E-state index in [0.29, 0.717) is 25.4 Å². The molecule has 0 spiro atoms. The Labute approximate surface area is 140 Å². The number of nitrogens with one attached hydrogen (secondary N) is 1. The Morgan fingerprint density at radius 3 is 3.00 bits per heavy atom. The Morgan fingerprint density at radius 1 is 1.25 bits per heavy atom. The molecule has 1 N–H and O–H groups in total. The van der Waals surface area contributed by atoms with Crippen molar-refractivity contribution in [3.63, 3.8) is 0 Å². The summed E-state index contributed by atoms with van der Waals surface area (Å²) in [6, 6.07) is 13.9. The number of aromatic amines is 1. The standard InChI is InChI=1S/C19H19N3O2/c1-2-24-15-8-7-13-9-10-22(12-14(13)11-15)19(23)18-16-5-3-4-6-17(16)20-21-18/h3-8,11H,2,9-10,12H2,1H3,(H,20,21). The first-order valence-electron chi connectivity index (χ1n) is 8.23. The van der Waals surface area contributed by atoms with Crippen molar-refractivity contribution in [2.45, 2.75) is 19.9 Å². The fourth-order valence-electron chi connectivity index (χ4n) is 3.24. The number of aromatic nitrogens is 2. The number of hydrogen-bond acceptors (Lipinski definition) is 3. The minimum Gasteiger partial charge on any atom is -0.494 e. The Balaban J connectivity index is 1.61. The van der Waals surface area contributed by atoms with Gasteiger partial charge in [-0.15, -0.1) is 0 Å². The highest BCUT2D eigenvalue weighted by Crippen LogP contribution is 2.26. The molecule has 0 unspecified atom stereocenters. The average molecular weight is 321 g/mol. The van der Waals surface area contributed by atoms with E-state index < -0.39 is 0 Å². The van der Waals surface area contributed by atoms with E-state index in [1.165, 1.54) is 5.56 Å². The molecule has 1 aliphatic heterocycles. The second kappa shape index (κ2) is 6.00. The summed E-state index contributed by atoms with van der Waals surface area (Å²) in [6.45, 7) is 3.91. The summed E-state index contributed by atoms with van der Waals surface area (Å²) in [5.41, 5.74) is 3.82. The van der Waals surface area contributed by atoms with Crippen molar-refractivity contribution in [3.05, 3.63) is 59.3 Å². The second-order valence-electron chi connectivity index (χ2n) is 5.96. The molecule has 1 aliphatic rings. The molecule has 2 heterocycles. The van der Waals surface area contributed by atoms with E-state index in [-0.39, 0.29) is 5.91 Å². The van der Waals surface area contributed by atoms with Crippen LogP contribution in [0.5, 0.6) is 5.75 Å². The van der Waals surface area contributed by atoms with Crippen LogP contribution in [-0.2, 0) is 13.0 Å². The molecular formula is C19H19N3O2. The lowest BCUT2D eigenvalue weighted by Gasteiger charge is -2.28. The molecule has 0 aliphatic carbocycles. The van der Waals surface area contributed by atoms with E-state index >= 15 is 0 Å². The number of fused-ring (bicyclic) bond motifs is 2. The largest absolute Gasteiger partial charge is 0.494 e. The molecule has 4 rings (SSSR count). The average Bonchev–Trinajstić information content (AvgIpc) is 3.05. The molecule has 2 aromatic carbocycles. The molecule has 122 valence electrons. The highest BCUT2D eigenvalue weighted by atomic mass is 16.5. The van der Waals surface area contributed by atoms with Crippen LogP contribution in [0.2, 0.25) is 0 Å². The molecule has 0 bridgehead atoms. The van der Waals surface area contributed by atoms with E-state index in [2.05, 4.69) is 16.3 Å². The maximum absolute atomic E-state index is 12.9. The van der Waals surface area contributed by atoms with E-state index in [4.69, 9.17) is 4.74 Å². The molecule has 24 heavy (non-hydrogen) atoms. The van der Waals surface area contributed by atoms with Gasteiger partial charge in [0.2, 0.25) is 0 Å². The highest BCUT2D eigenvalue weighted by molar-refractivity contribution is 6.04. The van der Waals surface area contributed by atoms with Crippen molar-refractivity contribution in [3.8, 4) is 5.75 Å². The van der Waals surface area contributed by atoms with E-state index in [1.54, 1.807) is 0 Å². The Bertz CT molecular complexity index is 901. The topological polar surface area (TPSA) is 58.2 Å². The minimum absolute atomic E-state index is 0.0279. The highest BCUT2D eigenvalue weighted by Gasteiger charge is 2.25. The van der Waals surface area contributed by atoms with Crippen molar-refractivity contribution < 1.29 is 9.53 Å². The first-order chi connectivity index (χ1) is 11.8. The van der Waals surface area contributed by atoms with Gasteiger partial charge in [0.25, 0.3) is 5.91 Å². The van der Waals surface area contributed by atoms with Crippen molar-refractivity contribution in [1.82, 2.24) is 15.1 Å². The van der Waals surface area contributed by atoms with Gasteiger partial charge in [-0.1, -0.05) is 24.3 Å². The number of nitrogens with zero attached hydrogens (tertiary/aromatic N) is 2. The number of ether oxygens (including phenoxy) is 1. The van der Waals surface area contributed by atoms with Crippen molar-refractivity contribution in [2.75, 3.05) is 13.2 Å². The lowest BCUT2D eigenvalue weighted by Crippen LogP contribution is -2.36. The van der Waals surface area contributed by atoms with Crippen molar-refractivity contribution in [1.29, 1.82) is 0 Å². The quantitative estimate of drug-likeness (QED) is 0.806. The maximum atomic E-state index is 12.9. The normalized spacial score (nSPS) is 13.8. The van der Waals surface area contributed by atoms with Crippen LogP contribution in [0.1, 0.15) is 28.5 Å². The first kappa shape index (κ1) is 14.8. The van der Waals surface area contributed by atoms with E-state index in [1.807, 2.05) is 48.2 Å². The van der Waals surface area contributed by atoms with Gasteiger partial charge in [0, 0.05) is 18.5 Å². The van der Waals surface area contributed by atoms with Crippen molar-refractivity contribution >= 4 is 16.8 Å². The van der Waals surface area contributed by atoms with Crippen LogP contribution in [0.25, 0.3) is 10.9 Å². The molecule has 5 heteroatoms. The smallest absolute Gasteiger partial charge is 0.275 e. The van der Waals surface area contributed by atoms with Crippen LogP contribution in [0, 0.1) is 0 Å². The predicted molar refractivity (Wildman–Crippen MR) is 92.1 cm³/mol. The van der Waals surface area contributed by atoms with Crippen LogP contribution >= 0.6 is 0 Å². The summed E-state index contributed by atoms with van der Waals surface area (Å²) in [7, 11) is 0. The molecular weight excluding hydrogens is 302 g/mol. The fourth-order valence-corrected chi connectivity index (χ4v) is 3.24. The zero-order valence-electron chi connectivity index (χ0n) is 13.6. The minimum atomic E-state index is -0.0279. The number of H-pyrrole nitrogens is 1. The third kappa shape index (κ3) is 2.52. The zero-order chi connectivity index (χ0) is 16.5. The van der Waals surface area contributed by atoms with Crippen molar-refractivity contribution in [2.24, 2.45) is 0 Å². The van der Waals surface area contributed by atoms with Gasteiger partial charge in [0.1, 0.15) is 5.75 Å². The molecule has 0 saturated carbocycles. The zero-order valence-corrected chi connectivity index (χ0v) is 13.6. The van der Waals surface area contributed by atoms with Crippen LogP contribution in [-0.4, -0.2) is 34.2 Å². The Morgan fingerprint density at radius 2 is 2.12 bits per heavy atom. The van der Waals surface area contributed by atoms with E-state index in [9.17, 15) is 4.79 Å². The summed E-state index contributed by atoms with van der Waals surface area (Å²) in [5.74, 6) is 0.829. The van der Waals surface area contributed by atoms with Gasteiger partial charge >= 0.3 is 0 Å². The number of benzene rings is 2. The lowest BCUT2D eigenvalue weighted by atomic mass is 9.99. The van der Waals surface area contributed by atoms with Gasteiger partial charge in [-0.05, 0) is 42.7 Å². The fraction of sp³-hybridized carbons (Fsp3) is 0.263. The van der Waals surface area contributed by atoms with Crippen LogP contribution in [0.4, 0.5) is 0 Å². The van der Waals surface area contributed by atoms with Crippen LogP contribution in [0.15, 0.2) is 42.5 Å². The monoisotopic (exact) mass is 321 g/mol. The summed E-state index contributed by atoms with van der Waals surface area (Å²) in [4.78, 5) is 14.8. The molecule has 5 nitrogen and oxygen atoms in total. The summed E-state index contributed by atoms with van der Waals surface area (Å²) < 4.78 is 5.58. The number of para-hydroxylation sites is 1. The number of hydrogen-bond donors (Lipinski definition) is 1. The lowest BCUT2D eigenvalue weighted by molar-refractivity contribution is 0.0730.